The number of aromatic nitrogens is 3. The van der Waals surface area contributed by atoms with Crippen LogP contribution in [0.1, 0.15) is 54.4 Å². The molecule has 2 aromatic carbocycles. The molecule has 10 nitrogen and oxygen atoms in total. The standard InChI is InChI=1S/C33H36ClN5O5S/c1-20-9-7-10-21(2)30(20)27-15-29-37-32(36-27)38-45(41,42)25-12-8-11-22(13-25)31(40)39(23(19-44-29)16-33(3,4)5)18-28-26(34)14-24(43-6)17-35-28/h7-15,17,23H,16,18-19H2,1-6H3,(H,36,37,38)/t23-/m1/s1. The van der Waals surface area contributed by atoms with E-state index in [1.54, 1.807) is 23.1 Å². The number of benzene rings is 2. The Morgan fingerprint density at radius 1 is 1.07 bits per heavy atom. The summed E-state index contributed by atoms with van der Waals surface area (Å²) in [5, 5.41) is 0.333. The van der Waals surface area contributed by atoms with Crippen LogP contribution in [0.15, 0.2) is 65.7 Å². The van der Waals surface area contributed by atoms with E-state index in [1.807, 2.05) is 32.0 Å². The lowest BCUT2D eigenvalue weighted by molar-refractivity contribution is 0.0509. The van der Waals surface area contributed by atoms with Gasteiger partial charge in [0, 0.05) is 23.3 Å². The molecule has 0 saturated heterocycles. The van der Waals surface area contributed by atoms with Gasteiger partial charge in [-0.15, -0.1) is 0 Å². The van der Waals surface area contributed by atoms with Crippen molar-refractivity contribution in [3.63, 3.8) is 0 Å². The van der Waals surface area contributed by atoms with Gasteiger partial charge in [0.05, 0.1) is 47.2 Å². The van der Waals surface area contributed by atoms with Gasteiger partial charge in [0.2, 0.25) is 11.8 Å². The normalized spacial score (nSPS) is 16.5. The fraction of sp³-hybridized carbons (Fsp3) is 0.333. The van der Waals surface area contributed by atoms with Crippen LogP contribution in [0, 0.1) is 19.3 Å². The molecule has 4 bridgehead atoms. The summed E-state index contributed by atoms with van der Waals surface area (Å²) in [5.74, 6) is 0.115. The van der Waals surface area contributed by atoms with Crippen LogP contribution in [-0.2, 0) is 16.6 Å². The number of nitrogens with zero attached hydrogens (tertiary/aromatic N) is 4. The first-order chi connectivity index (χ1) is 21.2. The molecular formula is C33H36ClN5O5S. The van der Waals surface area contributed by atoms with E-state index in [1.165, 1.54) is 31.5 Å². The maximum Gasteiger partial charge on any atom is 0.264 e. The molecule has 1 amide bonds. The quantitative estimate of drug-likeness (QED) is 0.261. The average molecular weight is 650 g/mol. The Bertz CT molecular complexity index is 1840. The van der Waals surface area contributed by atoms with Crippen molar-refractivity contribution < 1.29 is 22.7 Å². The Labute approximate surface area is 268 Å². The Kier molecular flexibility index (Phi) is 9.04. The Balaban J connectivity index is 1.68. The monoisotopic (exact) mass is 649 g/mol. The van der Waals surface area contributed by atoms with Gasteiger partial charge in [0.1, 0.15) is 12.4 Å². The van der Waals surface area contributed by atoms with Crippen LogP contribution in [0.5, 0.6) is 11.6 Å². The molecule has 12 heteroatoms. The van der Waals surface area contributed by atoms with E-state index in [-0.39, 0.29) is 40.9 Å². The molecular weight excluding hydrogens is 614 g/mol. The van der Waals surface area contributed by atoms with Crippen molar-refractivity contribution >= 4 is 33.5 Å². The molecule has 0 radical (unpaired) electrons. The fourth-order valence-corrected chi connectivity index (χ4v) is 6.59. The second-order valence-electron chi connectivity index (χ2n) is 12.3. The lowest BCUT2D eigenvalue weighted by Gasteiger charge is -2.35. The highest BCUT2D eigenvalue weighted by Gasteiger charge is 2.32. The third kappa shape index (κ3) is 7.37. The second kappa shape index (κ2) is 12.6. The number of nitrogens with one attached hydrogen (secondary N) is 1. The third-order valence-electron chi connectivity index (χ3n) is 7.48. The first-order valence-corrected chi connectivity index (χ1v) is 16.3. The molecule has 45 heavy (non-hydrogen) atoms. The van der Waals surface area contributed by atoms with E-state index >= 15 is 0 Å². The number of aryl methyl sites for hydroxylation is 2. The number of sulfonamides is 1. The molecule has 0 fully saturated rings. The third-order valence-corrected chi connectivity index (χ3v) is 9.13. The van der Waals surface area contributed by atoms with E-state index in [0.717, 1.165) is 16.7 Å². The predicted molar refractivity (Wildman–Crippen MR) is 173 cm³/mol. The van der Waals surface area contributed by atoms with Crippen LogP contribution < -0.4 is 14.2 Å². The summed E-state index contributed by atoms with van der Waals surface area (Å²) < 4.78 is 41.3. The van der Waals surface area contributed by atoms with Gasteiger partial charge in [-0.3, -0.25) is 9.78 Å². The molecule has 0 unspecified atom stereocenters. The predicted octanol–water partition coefficient (Wildman–Crippen LogP) is 6.46. The van der Waals surface area contributed by atoms with E-state index < -0.39 is 22.0 Å². The molecule has 1 atom stereocenters. The van der Waals surface area contributed by atoms with E-state index in [0.29, 0.717) is 28.6 Å². The molecule has 0 aliphatic carbocycles. The summed E-state index contributed by atoms with van der Waals surface area (Å²) in [4.78, 5) is 29.3. The summed E-state index contributed by atoms with van der Waals surface area (Å²) in [6, 6.07) is 14.6. The van der Waals surface area contributed by atoms with Gasteiger partial charge in [-0.1, -0.05) is 56.6 Å². The molecule has 3 heterocycles. The van der Waals surface area contributed by atoms with Crippen molar-refractivity contribution in [1.29, 1.82) is 0 Å². The summed E-state index contributed by atoms with van der Waals surface area (Å²) in [5.41, 5.74) is 3.71. The minimum absolute atomic E-state index is 0.0453. The minimum Gasteiger partial charge on any atom is -0.495 e. The second-order valence-corrected chi connectivity index (χ2v) is 14.4. The van der Waals surface area contributed by atoms with Crippen LogP contribution in [-0.4, -0.2) is 53.9 Å². The molecule has 1 aliphatic rings. The summed E-state index contributed by atoms with van der Waals surface area (Å²) >= 11 is 6.59. The van der Waals surface area contributed by atoms with Gasteiger partial charge >= 0.3 is 0 Å². The van der Waals surface area contributed by atoms with Crippen LogP contribution in [0.2, 0.25) is 5.02 Å². The van der Waals surface area contributed by atoms with Crippen LogP contribution in [0.3, 0.4) is 0 Å². The van der Waals surface area contributed by atoms with Crippen molar-refractivity contribution in [2.24, 2.45) is 5.41 Å². The van der Waals surface area contributed by atoms with Crippen molar-refractivity contribution in [1.82, 2.24) is 19.9 Å². The number of carbonyl (C=O) groups excluding carboxylic acids is 1. The molecule has 2 aromatic heterocycles. The number of rotatable bonds is 5. The fourth-order valence-electron chi connectivity index (χ4n) is 5.38. The van der Waals surface area contributed by atoms with Gasteiger partial charge in [-0.25, -0.2) is 18.1 Å². The largest absolute Gasteiger partial charge is 0.495 e. The number of halogens is 1. The first kappa shape index (κ1) is 32.2. The molecule has 5 rings (SSSR count). The van der Waals surface area contributed by atoms with Gasteiger partial charge in [0.15, 0.2) is 0 Å². The highest BCUT2D eigenvalue weighted by atomic mass is 35.5. The van der Waals surface area contributed by atoms with Gasteiger partial charge in [-0.2, -0.15) is 4.98 Å². The van der Waals surface area contributed by atoms with Crippen LogP contribution in [0.4, 0.5) is 5.95 Å². The smallest absolute Gasteiger partial charge is 0.264 e. The number of hydrogen-bond donors (Lipinski definition) is 1. The Morgan fingerprint density at radius 3 is 2.44 bits per heavy atom. The van der Waals surface area contributed by atoms with E-state index in [4.69, 9.17) is 21.1 Å². The summed E-state index contributed by atoms with van der Waals surface area (Å²) in [6.07, 6.45) is 2.09. The highest BCUT2D eigenvalue weighted by Crippen LogP contribution is 2.32. The lowest BCUT2D eigenvalue weighted by atomic mass is 9.87. The first-order valence-electron chi connectivity index (χ1n) is 14.4. The number of fused-ring (bicyclic) bond motifs is 4. The number of hydrogen-bond acceptors (Lipinski definition) is 8. The van der Waals surface area contributed by atoms with E-state index in [2.05, 4.69) is 40.4 Å². The lowest BCUT2D eigenvalue weighted by Crippen LogP contribution is -2.45. The zero-order valence-corrected chi connectivity index (χ0v) is 27.7. The topological polar surface area (TPSA) is 124 Å². The number of anilines is 1. The van der Waals surface area contributed by atoms with Crippen molar-refractivity contribution in [2.75, 3.05) is 18.4 Å². The summed E-state index contributed by atoms with van der Waals surface area (Å²) in [6.45, 7) is 10.3. The van der Waals surface area contributed by atoms with Crippen molar-refractivity contribution in [3.8, 4) is 22.9 Å². The van der Waals surface area contributed by atoms with E-state index in [9.17, 15) is 13.2 Å². The minimum atomic E-state index is -4.18. The van der Waals surface area contributed by atoms with Gasteiger partial charge < -0.3 is 14.4 Å². The average Bonchev–Trinajstić information content (AvgIpc) is 2.97. The Morgan fingerprint density at radius 2 is 1.78 bits per heavy atom. The molecule has 1 aliphatic heterocycles. The zero-order chi connectivity index (χ0) is 32.5. The number of methoxy groups -OCH3 is 1. The van der Waals surface area contributed by atoms with Crippen molar-refractivity contribution in [3.05, 3.63) is 88.2 Å². The Hall–Kier alpha value is -4.22. The van der Waals surface area contributed by atoms with Gasteiger partial charge in [0.25, 0.3) is 15.9 Å². The van der Waals surface area contributed by atoms with Crippen molar-refractivity contribution in [2.45, 2.75) is 58.5 Å². The molecule has 0 saturated carbocycles. The SMILES string of the molecule is COc1cnc(CN2C(=O)c3cccc(c3)S(=O)(=O)Nc3nc(cc(-c4c(C)cccc4C)n3)OC[C@H]2CC(C)(C)C)c(Cl)c1. The molecule has 236 valence electrons. The van der Waals surface area contributed by atoms with Crippen LogP contribution >= 0.6 is 11.6 Å². The zero-order valence-electron chi connectivity index (χ0n) is 26.1. The number of amides is 1. The summed E-state index contributed by atoms with van der Waals surface area (Å²) in [7, 11) is -2.66. The van der Waals surface area contributed by atoms with Crippen LogP contribution in [0.25, 0.3) is 11.3 Å². The number of ether oxygens (including phenoxy) is 2. The number of carbonyl (C=O) groups is 1. The maximum atomic E-state index is 14.3. The molecule has 1 N–H and O–H groups in total. The number of pyridine rings is 1. The van der Waals surface area contributed by atoms with Gasteiger partial charge in [-0.05, 0) is 55.0 Å². The molecule has 0 spiro atoms. The molecule has 4 aromatic rings. The maximum absolute atomic E-state index is 14.3. The highest BCUT2D eigenvalue weighted by molar-refractivity contribution is 7.92.